The van der Waals surface area contributed by atoms with E-state index in [1.807, 2.05) is 0 Å². The molecule has 0 aromatic heterocycles. The molecule has 19 heavy (non-hydrogen) atoms. The third-order valence-corrected chi connectivity index (χ3v) is 5.24. The minimum atomic E-state index is -3.58. The van der Waals surface area contributed by atoms with Gasteiger partial charge in [-0.25, -0.2) is 8.42 Å². The fraction of sp³-hybridized carbons (Fsp3) is 0.462. The summed E-state index contributed by atoms with van der Waals surface area (Å²) >= 11 is 0. The molecule has 0 saturated carbocycles. The number of Topliss-reactive ketones (excluding diaryl/α,β-unsaturated/α-hetero) is 1. The summed E-state index contributed by atoms with van der Waals surface area (Å²) in [6, 6.07) is 5.99. The average Bonchev–Trinajstić information content (AvgIpc) is 2.91. The number of carbonyl (C=O) groups is 1. The lowest BCUT2D eigenvalue weighted by atomic mass is 10.2. The second-order valence-electron chi connectivity index (χ2n) is 4.62. The number of sulfonamides is 1. The SMILES string of the molecule is CC(=O)c1cccc(S(=O)(=O)N(C)C2CCOC2)c1. The molecule has 1 heterocycles. The van der Waals surface area contributed by atoms with Gasteiger partial charge in [0.05, 0.1) is 17.5 Å². The van der Waals surface area contributed by atoms with Crippen LogP contribution in [0, 0.1) is 0 Å². The van der Waals surface area contributed by atoms with Gasteiger partial charge in [0.2, 0.25) is 10.0 Å². The Morgan fingerprint density at radius 1 is 1.42 bits per heavy atom. The smallest absolute Gasteiger partial charge is 0.243 e. The zero-order valence-corrected chi connectivity index (χ0v) is 11.8. The lowest BCUT2D eigenvalue weighted by Gasteiger charge is -2.22. The summed E-state index contributed by atoms with van der Waals surface area (Å²) in [5, 5.41) is 0. The molecule has 104 valence electrons. The molecule has 0 spiro atoms. The van der Waals surface area contributed by atoms with Gasteiger partial charge in [0, 0.05) is 19.2 Å². The Balaban J connectivity index is 2.33. The topological polar surface area (TPSA) is 63.7 Å². The molecule has 0 N–H and O–H groups in total. The highest BCUT2D eigenvalue weighted by atomic mass is 32.2. The molecule has 1 aromatic rings. The maximum atomic E-state index is 12.5. The molecule has 5 nitrogen and oxygen atoms in total. The Labute approximate surface area is 113 Å². The normalized spacial score (nSPS) is 19.8. The van der Waals surface area contributed by atoms with E-state index in [0.29, 0.717) is 25.2 Å². The molecule has 0 bridgehead atoms. The second kappa shape index (κ2) is 5.40. The molecular weight excluding hydrogens is 266 g/mol. The number of carbonyl (C=O) groups excluding carboxylic acids is 1. The number of ether oxygens (including phenoxy) is 1. The van der Waals surface area contributed by atoms with Gasteiger partial charge in [-0.1, -0.05) is 12.1 Å². The molecule has 1 saturated heterocycles. The van der Waals surface area contributed by atoms with Crippen molar-refractivity contribution >= 4 is 15.8 Å². The van der Waals surface area contributed by atoms with Crippen LogP contribution in [0.2, 0.25) is 0 Å². The van der Waals surface area contributed by atoms with Crippen LogP contribution in [-0.4, -0.2) is 44.8 Å². The van der Waals surface area contributed by atoms with E-state index in [4.69, 9.17) is 4.74 Å². The van der Waals surface area contributed by atoms with Crippen molar-refractivity contribution in [1.82, 2.24) is 4.31 Å². The van der Waals surface area contributed by atoms with E-state index in [9.17, 15) is 13.2 Å². The number of likely N-dealkylation sites (N-methyl/N-ethyl adjacent to an activating group) is 1. The number of ketones is 1. The summed E-state index contributed by atoms with van der Waals surface area (Å²) in [6.45, 7) is 2.42. The molecule has 1 aliphatic heterocycles. The molecule has 1 atom stereocenters. The molecule has 1 aromatic carbocycles. The van der Waals surface area contributed by atoms with Gasteiger partial charge in [0.15, 0.2) is 5.78 Å². The summed E-state index contributed by atoms with van der Waals surface area (Å²) in [5.74, 6) is -0.149. The van der Waals surface area contributed by atoms with Crippen molar-refractivity contribution in [1.29, 1.82) is 0 Å². The van der Waals surface area contributed by atoms with Gasteiger partial charge < -0.3 is 4.74 Å². The van der Waals surface area contributed by atoms with E-state index in [1.165, 1.54) is 23.4 Å². The third kappa shape index (κ3) is 2.86. The largest absolute Gasteiger partial charge is 0.380 e. The van der Waals surface area contributed by atoms with Crippen LogP contribution >= 0.6 is 0 Å². The van der Waals surface area contributed by atoms with E-state index < -0.39 is 10.0 Å². The van der Waals surface area contributed by atoms with Crippen molar-refractivity contribution in [2.45, 2.75) is 24.3 Å². The van der Waals surface area contributed by atoms with Gasteiger partial charge in [-0.15, -0.1) is 0 Å². The quantitative estimate of drug-likeness (QED) is 0.781. The van der Waals surface area contributed by atoms with Gasteiger partial charge in [-0.3, -0.25) is 4.79 Å². The van der Waals surface area contributed by atoms with Gasteiger partial charge in [-0.2, -0.15) is 4.31 Å². The molecule has 1 fully saturated rings. The maximum absolute atomic E-state index is 12.5. The number of hydrogen-bond donors (Lipinski definition) is 0. The van der Waals surface area contributed by atoms with E-state index >= 15 is 0 Å². The minimum Gasteiger partial charge on any atom is -0.380 e. The number of hydrogen-bond acceptors (Lipinski definition) is 4. The van der Waals surface area contributed by atoms with Gasteiger partial charge in [-0.05, 0) is 25.5 Å². The Hall–Kier alpha value is -1.24. The maximum Gasteiger partial charge on any atom is 0.243 e. The Bertz CT molecular complexity index is 576. The summed E-state index contributed by atoms with van der Waals surface area (Å²) < 4.78 is 31.4. The van der Waals surface area contributed by atoms with Gasteiger partial charge >= 0.3 is 0 Å². The lowest BCUT2D eigenvalue weighted by molar-refractivity contribution is 0.101. The fourth-order valence-corrected chi connectivity index (χ4v) is 3.46. The number of benzene rings is 1. The van der Waals surface area contributed by atoms with E-state index in [0.717, 1.165) is 0 Å². The summed E-state index contributed by atoms with van der Waals surface area (Å²) in [6.07, 6.45) is 0.697. The van der Waals surface area contributed by atoms with Crippen molar-refractivity contribution in [3.05, 3.63) is 29.8 Å². The van der Waals surface area contributed by atoms with Crippen molar-refractivity contribution in [3.63, 3.8) is 0 Å². The Morgan fingerprint density at radius 2 is 2.16 bits per heavy atom. The summed E-state index contributed by atoms with van der Waals surface area (Å²) in [4.78, 5) is 11.5. The number of nitrogens with zero attached hydrogens (tertiary/aromatic N) is 1. The highest BCUT2D eigenvalue weighted by Crippen LogP contribution is 2.21. The first kappa shape index (κ1) is 14.2. The van der Waals surface area contributed by atoms with E-state index in [2.05, 4.69) is 0 Å². The second-order valence-corrected chi connectivity index (χ2v) is 6.62. The molecule has 1 unspecified atom stereocenters. The van der Waals surface area contributed by atoms with Crippen LogP contribution in [0.1, 0.15) is 23.7 Å². The highest BCUT2D eigenvalue weighted by Gasteiger charge is 2.30. The first-order chi connectivity index (χ1) is 8.93. The van der Waals surface area contributed by atoms with Gasteiger partial charge in [0.1, 0.15) is 0 Å². The van der Waals surface area contributed by atoms with Crippen LogP contribution in [0.3, 0.4) is 0 Å². The third-order valence-electron chi connectivity index (χ3n) is 3.34. The minimum absolute atomic E-state index is 0.133. The zero-order chi connectivity index (χ0) is 14.0. The molecular formula is C13H17NO4S. The van der Waals surface area contributed by atoms with Gasteiger partial charge in [0.25, 0.3) is 0 Å². The monoisotopic (exact) mass is 283 g/mol. The van der Waals surface area contributed by atoms with Crippen molar-refractivity contribution in [3.8, 4) is 0 Å². The number of rotatable bonds is 4. The van der Waals surface area contributed by atoms with Crippen LogP contribution in [-0.2, 0) is 14.8 Å². The van der Waals surface area contributed by atoms with E-state index in [-0.39, 0.29) is 16.7 Å². The van der Waals surface area contributed by atoms with Crippen molar-refractivity contribution in [2.24, 2.45) is 0 Å². The fourth-order valence-electron chi connectivity index (χ4n) is 2.05. The lowest BCUT2D eigenvalue weighted by Crippen LogP contribution is -2.37. The molecule has 2 rings (SSSR count). The zero-order valence-electron chi connectivity index (χ0n) is 11.0. The molecule has 0 aliphatic carbocycles. The van der Waals surface area contributed by atoms with E-state index in [1.54, 1.807) is 19.2 Å². The predicted octanol–water partition coefficient (Wildman–Crippen LogP) is 1.30. The van der Waals surface area contributed by atoms with Crippen molar-refractivity contribution < 1.29 is 17.9 Å². The summed E-state index contributed by atoms with van der Waals surface area (Å²) in [5.41, 5.74) is 0.400. The van der Waals surface area contributed by atoms with Crippen LogP contribution in [0.15, 0.2) is 29.2 Å². The Kier molecular flexibility index (Phi) is 4.03. The van der Waals surface area contributed by atoms with Crippen molar-refractivity contribution in [2.75, 3.05) is 20.3 Å². The molecule has 0 amide bonds. The highest BCUT2D eigenvalue weighted by molar-refractivity contribution is 7.89. The molecule has 6 heteroatoms. The molecule has 0 radical (unpaired) electrons. The first-order valence-corrected chi connectivity index (χ1v) is 7.53. The van der Waals surface area contributed by atoms with Crippen LogP contribution < -0.4 is 0 Å². The van der Waals surface area contributed by atoms with Crippen LogP contribution in [0.4, 0.5) is 0 Å². The first-order valence-electron chi connectivity index (χ1n) is 6.09. The summed E-state index contributed by atoms with van der Waals surface area (Å²) in [7, 11) is -2.03. The van der Waals surface area contributed by atoms with Crippen LogP contribution in [0.25, 0.3) is 0 Å². The van der Waals surface area contributed by atoms with Crippen LogP contribution in [0.5, 0.6) is 0 Å². The average molecular weight is 283 g/mol. The molecule has 1 aliphatic rings. The standard InChI is InChI=1S/C13H17NO4S/c1-10(15)11-4-3-5-13(8-11)19(16,17)14(2)12-6-7-18-9-12/h3-5,8,12H,6-7,9H2,1-2H3. The Morgan fingerprint density at radius 3 is 2.74 bits per heavy atom. The predicted molar refractivity (Wildman–Crippen MR) is 70.6 cm³/mol.